The van der Waals surface area contributed by atoms with E-state index < -0.39 is 0 Å². The van der Waals surface area contributed by atoms with Crippen LogP contribution in [0, 0.1) is 11.8 Å². The van der Waals surface area contributed by atoms with Gasteiger partial charge in [0.05, 0.1) is 5.69 Å². The van der Waals surface area contributed by atoms with Crippen LogP contribution >= 0.6 is 0 Å². The zero-order valence-electron chi connectivity index (χ0n) is 17.4. The van der Waals surface area contributed by atoms with Crippen molar-refractivity contribution in [3.63, 3.8) is 0 Å². The van der Waals surface area contributed by atoms with Crippen LogP contribution in [-0.4, -0.2) is 4.98 Å². The first kappa shape index (κ1) is 20.1. The summed E-state index contributed by atoms with van der Waals surface area (Å²) >= 11 is 0. The first-order chi connectivity index (χ1) is 13.3. The van der Waals surface area contributed by atoms with E-state index in [0.717, 1.165) is 24.0 Å². The van der Waals surface area contributed by atoms with E-state index in [2.05, 4.69) is 55.2 Å². The van der Waals surface area contributed by atoms with Crippen molar-refractivity contribution in [1.29, 1.82) is 0 Å². The van der Waals surface area contributed by atoms with Gasteiger partial charge in [0.15, 0.2) is 0 Å². The van der Waals surface area contributed by atoms with Gasteiger partial charge >= 0.3 is 0 Å². The van der Waals surface area contributed by atoms with Gasteiger partial charge in [0.2, 0.25) is 0 Å². The lowest BCUT2D eigenvalue weighted by Crippen LogP contribution is -2.15. The summed E-state index contributed by atoms with van der Waals surface area (Å²) in [5.41, 5.74) is 5.10. The molecule has 0 atom stereocenters. The second-order valence-corrected chi connectivity index (χ2v) is 8.52. The molecule has 27 heavy (non-hydrogen) atoms. The molecule has 1 fully saturated rings. The van der Waals surface area contributed by atoms with Crippen LogP contribution in [0.5, 0.6) is 0 Å². The van der Waals surface area contributed by atoms with Crippen LogP contribution in [0.3, 0.4) is 0 Å². The zero-order chi connectivity index (χ0) is 18.9. The third-order valence-electron chi connectivity index (χ3n) is 6.51. The van der Waals surface area contributed by atoms with Crippen molar-refractivity contribution in [3.05, 3.63) is 53.7 Å². The Hall–Kier alpha value is -1.63. The third-order valence-corrected chi connectivity index (χ3v) is 6.51. The second-order valence-electron chi connectivity index (χ2n) is 8.52. The minimum atomic E-state index is 0.954. The Kier molecular flexibility index (Phi) is 7.93. The molecule has 1 aliphatic carbocycles. The van der Waals surface area contributed by atoms with Crippen molar-refractivity contribution >= 4 is 0 Å². The SMILES string of the molecule is CCCCC[C@H]1CC[C@H](CCc2ccc(-c3ccc(CC)cn3)cc2)CC1. The van der Waals surface area contributed by atoms with E-state index in [1.165, 1.54) is 80.9 Å². The highest BCUT2D eigenvalue weighted by Gasteiger charge is 2.20. The van der Waals surface area contributed by atoms with E-state index in [0.29, 0.717) is 0 Å². The molecule has 0 unspecified atom stereocenters. The normalized spacial score (nSPS) is 19.9. The first-order valence-corrected chi connectivity index (χ1v) is 11.3. The Morgan fingerprint density at radius 1 is 0.778 bits per heavy atom. The number of hydrogen-bond acceptors (Lipinski definition) is 1. The molecule has 0 bridgehead atoms. The van der Waals surface area contributed by atoms with Crippen LogP contribution in [0.15, 0.2) is 42.6 Å². The van der Waals surface area contributed by atoms with Crippen LogP contribution in [0.4, 0.5) is 0 Å². The van der Waals surface area contributed by atoms with Gasteiger partial charge in [0, 0.05) is 11.8 Å². The maximum Gasteiger partial charge on any atom is 0.0702 e. The van der Waals surface area contributed by atoms with Crippen molar-refractivity contribution in [2.45, 2.75) is 84.5 Å². The predicted molar refractivity (Wildman–Crippen MR) is 117 cm³/mol. The van der Waals surface area contributed by atoms with Crippen molar-refractivity contribution < 1.29 is 0 Å². The average Bonchev–Trinajstić information content (AvgIpc) is 2.74. The van der Waals surface area contributed by atoms with E-state index >= 15 is 0 Å². The van der Waals surface area contributed by atoms with Crippen molar-refractivity contribution in [2.75, 3.05) is 0 Å². The Labute approximate surface area is 166 Å². The highest BCUT2D eigenvalue weighted by atomic mass is 14.7. The van der Waals surface area contributed by atoms with Gasteiger partial charge in [-0.15, -0.1) is 0 Å². The number of unbranched alkanes of at least 4 members (excludes halogenated alkanes) is 2. The minimum absolute atomic E-state index is 0.954. The molecule has 1 nitrogen and oxygen atoms in total. The van der Waals surface area contributed by atoms with Gasteiger partial charge in [-0.2, -0.15) is 0 Å². The molecule has 0 saturated heterocycles. The van der Waals surface area contributed by atoms with E-state index in [-0.39, 0.29) is 0 Å². The number of nitrogens with zero attached hydrogens (tertiary/aromatic N) is 1. The average molecular weight is 364 g/mol. The number of aromatic nitrogens is 1. The molecule has 1 aromatic heterocycles. The van der Waals surface area contributed by atoms with E-state index in [4.69, 9.17) is 0 Å². The number of rotatable bonds is 9. The summed E-state index contributed by atoms with van der Waals surface area (Å²) in [5, 5.41) is 0. The topological polar surface area (TPSA) is 12.9 Å². The molecule has 0 radical (unpaired) electrons. The van der Waals surface area contributed by atoms with Crippen molar-refractivity contribution in [1.82, 2.24) is 4.98 Å². The van der Waals surface area contributed by atoms with Crippen molar-refractivity contribution in [3.8, 4) is 11.3 Å². The Balaban J connectivity index is 1.42. The molecule has 0 amide bonds. The summed E-state index contributed by atoms with van der Waals surface area (Å²) < 4.78 is 0. The van der Waals surface area contributed by atoms with E-state index in [1.54, 1.807) is 0 Å². The van der Waals surface area contributed by atoms with Crippen LogP contribution in [0.25, 0.3) is 11.3 Å². The maximum absolute atomic E-state index is 4.60. The van der Waals surface area contributed by atoms with Gasteiger partial charge in [-0.3, -0.25) is 4.98 Å². The fraction of sp³-hybridized carbons (Fsp3) is 0.577. The van der Waals surface area contributed by atoms with Gasteiger partial charge in [0.25, 0.3) is 0 Å². The summed E-state index contributed by atoms with van der Waals surface area (Å²) in [4.78, 5) is 4.60. The highest BCUT2D eigenvalue weighted by Crippen LogP contribution is 2.34. The molecule has 1 aromatic carbocycles. The van der Waals surface area contributed by atoms with Gasteiger partial charge in [0.1, 0.15) is 0 Å². The van der Waals surface area contributed by atoms with Gasteiger partial charge in [-0.25, -0.2) is 0 Å². The number of hydrogen-bond donors (Lipinski definition) is 0. The predicted octanol–water partition coefficient (Wildman–Crippen LogP) is 7.63. The fourth-order valence-electron chi connectivity index (χ4n) is 4.51. The van der Waals surface area contributed by atoms with Crippen LogP contribution < -0.4 is 0 Å². The van der Waals surface area contributed by atoms with Crippen LogP contribution in [0.1, 0.15) is 82.8 Å². The number of benzene rings is 1. The quantitative estimate of drug-likeness (QED) is 0.417. The second kappa shape index (κ2) is 10.6. The lowest BCUT2D eigenvalue weighted by Gasteiger charge is -2.28. The minimum Gasteiger partial charge on any atom is -0.256 e. The molecule has 1 heterocycles. The molecular weight excluding hydrogens is 326 g/mol. The van der Waals surface area contributed by atoms with Crippen LogP contribution in [0.2, 0.25) is 0 Å². The molecule has 0 aliphatic heterocycles. The van der Waals surface area contributed by atoms with Crippen molar-refractivity contribution in [2.24, 2.45) is 11.8 Å². The largest absolute Gasteiger partial charge is 0.256 e. The smallest absolute Gasteiger partial charge is 0.0702 e. The lowest BCUT2D eigenvalue weighted by atomic mass is 9.78. The maximum atomic E-state index is 4.60. The Morgan fingerprint density at radius 2 is 1.44 bits per heavy atom. The molecule has 1 aliphatic rings. The summed E-state index contributed by atoms with van der Waals surface area (Å²) in [7, 11) is 0. The lowest BCUT2D eigenvalue weighted by molar-refractivity contribution is 0.249. The third kappa shape index (κ3) is 6.19. The monoisotopic (exact) mass is 363 g/mol. The van der Waals surface area contributed by atoms with Gasteiger partial charge < -0.3 is 0 Å². The van der Waals surface area contributed by atoms with E-state index in [1.807, 2.05) is 6.20 Å². The molecule has 3 rings (SSSR count). The van der Waals surface area contributed by atoms with Gasteiger partial charge in [-0.1, -0.05) is 95.5 Å². The summed E-state index contributed by atoms with van der Waals surface area (Å²) in [6.07, 6.45) is 17.2. The van der Waals surface area contributed by atoms with Crippen LogP contribution in [-0.2, 0) is 12.8 Å². The summed E-state index contributed by atoms with van der Waals surface area (Å²) in [5.74, 6) is 1.98. The van der Waals surface area contributed by atoms with Gasteiger partial charge in [-0.05, 0) is 48.3 Å². The Bertz CT molecular complexity index is 648. The summed E-state index contributed by atoms with van der Waals surface area (Å²) in [6, 6.07) is 13.4. The highest BCUT2D eigenvalue weighted by molar-refractivity contribution is 5.59. The molecule has 1 heteroatoms. The standard InChI is InChI=1S/C26H37N/c1-3-5-6-7-22-8-10-23(11-9-22)12-13-24-14-17-25(18-15-24)26-19-16-21(4-2)20-27-26/h14-20,22-23H,3-13H2,1-2H3/t22-,23-. The first-order valence-electron chi connectivity index (χ1n) is 11.3. The molecule has 2 aromatic rings. The summed E-state index contributed by atoms with van der Waals surface area (Å²) in [6.45, 7) is 4.48. The molecule has 1 saturated carbocycles. The number of pyridine rings is 1. The molecule has 0 N–H and O–H groups in total. The Morgan fingerprint density at radius 3 is 2.04 bits per heavy atom. The fourth-order valence-corrected chi connectivity index (χ4v) is 4.51. The molecule has 146 valence electrons. The molecular formula is C26H37N. The van der Waals surface area contributed by atoms with E-state index in [9.17, 15) is 0 Å². The zero-order valence-corrected chi connectivity index (χ0v) is 17.4. The number of aryl methyl sites for hydroxylation is 2. The molecule has 0 spiro atoms.